The Balaban J connectivity index is 1.49. The zero-order chi connectivity index (χ0) is 19.2. The fourth-order valence-corrected chi connectivity index (χ4v) is 3.44. The van der Waals surface area contributed by atoms with Crippen LogP contribution in [0.2, 0.25) is 0 Å². The highest BCUT2D eigenvalue weighted by atomic mass is 16.5. The van der Waals surface area contributed by atoms with Crippen LogP contribution in [0.1, 0.15) is 29.8 Å². The Morgan fingerprint density at radius 1 is 1.07 bits per heavy atom. The maximum atomic E-state index is 12.4. The third kappa shape index (κ3) is 5.63. The predicted octanol–water partition coefficient (Wildman–Crippen LogP) is 2.77. The number of benzene rings is 2. The van der Waals surface area contributed by atoms with E-state index < -0.39 is 6.10 Å². The molecule has 144 valence electrons. The second kappa shape index (κ2) is 9.13. The fourth-order valence-electron chi connectivity index (χ4n) is 3.44. The van der Waals surface area contributed by atoms with E-state index in [1.54, 1.807) is 36.4 Å². The zero-order valence-electron chi connectivity index (χ0n) is 15.9. The van der Waals surface area contributed by atoms with E-state index in [9.17, 15) is 9.90 Å². The molecule has 3 atom stereocenters. The summed E-state index contributed by atoms with van der Waals surface area (Å²) in [6.07, 6.45) is -0.221. The van der Waals surface area contributed by atoms with Gasteiger partial charge >= 0.3 is 0 Å². The smallest absolute Gasteiger partial charge is 0.193 e. The summed E-state index contributed by atoms with van der Waals surface area (Å²) in [7, 11) is 0. The molecule has 2 aromatic rings. The molecule has 0 saturated carbocycles. The number of morpholine rings is 1. The summed E-state index contributed by atoms with van der Waals surface area (Å²) >= 11 is 0. The van der Waals surface area contributed by atoms with Crippen molar-refractivity contribution in [3.05, 3.63) is 65.7 Å². The Kier molecular flexibility index (Phi) is 6.61. The van der Waals surface area contributed by atoms with E-state index in [-0.39, 0.29) is 24.6 Å². The monoisotopic (exact) mass is 369 g/mol. The maximum Gasteiger partial charge on any atom is 0.193 e. The van der Waals surface area contributed by atoms with Crippen LogP contribution < -0.4 is 4.74 Å². The molecule has 1 saturated heterocycles. The number of carbonyl (C=O) groups excluding carboxylic acids is 1. The van der Waals surface area contributed by atoms with Crippen LogP contribution in [0.3, 0.4) is 0 Å². The topological polar surface area (TPSA) is 59.0 Å². The number of rotatable bonds is 7. The molecular weight excluding hydrogens is 342 g/mol. The fraction of sp³-hybridized carbons (Fsp3) is 0.409. The van der Waals surface area contributed by atoms with Gasteiger partial charge in [-0.05, 0) is 38.1 Å². The van der Waals surface area contributed by atoms with Crippen LogP contribution in [0.4, 0.5) is 0 Å². The first-order valence-electron chi connectivity index (χ1n) is 9.39. The zero-order valence-corrected chi connectivity index (χ0v) is 15.9. The highest BCUT2D eigenvalue weighted by Gasteiger charge is 2.24. The molecule has 0 aromatic heterocycles. The number of aliphatic hydroxyl groups is 1. The normalized spacial score (nSPS) is 21.6. The SMILES string of the molecule is C[C@@H]1CN(C[C@@H](O)COc2ccc(C(=O)c3ccccc3)cc2)C[C@H](C)O1. The van der Waals surface area contributed by atoms with Gasteiger partial charge in [-0.2, -0.15) is 0 Å². The molecule has 0 bridgehead atoms. The number of β-amino-alcohol motifs (C(OH)–C–C–N with tert-alkyl or cyclic N) is 1. The molecule has 2 aromatic carbocycles. The minimum Gasteiger partial charge on any atom is -0.491 e. The molecule has 1 N–H and O–H groups in total. The molecule has 0 amide bonds. The van der Waals surface area contributed by atoms with Gasteiger partial charge in [0.25, 0.3) is 0 Å². The van der Waals surface area contributed by atoms with Crippen LogP contribution in [0, 0.1) is 0 Å². The summed E-state index contributed by atoms with van der Waals surface area (Å²) in [6.45, 7) is 6.50. The summed E-state index contributed by atoms with van der Waals surface area (Å²) in [5.74, 6) is 0.625. The van der Waals surface area contributed by atoms with Crippen LogP contribution >= 0.6 is 0 Å². The molecule has 1 aliphatic rings. The van der Waals surface area contributed by atoms with Crippen molar-refractivity contribution in [3.8, 4) is 5.75 Å². The highest BCUT2D eigenvalue weighted by molar-refractivity contribution is 6.08. The molecule has 1 heterocycles. The lowest BCUT2D eigenvalue weighted by Crippen LogP contribution is -2.48. The van der Waals surface area contributed by atoms with Crippen molar-refractivity contribution in [2.24, 2.45) is 0 Å². The lowest BCUT2D eigenvalue weighted by atomic mass is 10.0. The molecule has 5 heteroatoms. The number of aliphatic hydroxyl groups excluding tert-OH is 1. The van der Waals surface area contributed by atoms with Crippen molar-refractivity contribution in [2.45, 2.75) is 32.2 Å². The number of carbonyl (C=O) groups is 1. The van der Waals surface area contributed by atoms with Crippen molar-refractivity contribution in [3.63, 3.8) is 0 Å². The highest BCUT2D eigenvalue weighted by Crippen LogP contribution is 2.16. The molecule has 27 heavy (non-hydrogen) atoms. The molecular formula is C22H27NO4. The first-order chi connectivity index (χ1) is 13.0. The van der Waals surface area contributed by atoms with Crippen LogP contribution in [0.15, 0.2) is 54.6 Å². The molecule has 1 fully saturated rings. The molecule has 0 radical (unpaired) electrons. The number of nitrogens with zero attached hydrogens (tertiary/aromatic N) is 1. The molecule has 0 aliphatic carbocycles. The van der Waals surface area contributed by atoms with Gasteiger partial charge in [0, 0.05) is 30.8 Å². The van der Waals surface area contributed by atoms with Crippen molar-refractivity contribution in [1.82, 2.24) is 4.90 Å². The Bertz CT molecular complexity index is 722. The van der Waals surface area contributed by atoms with E-state index in [2.05, 4.69) is 4.90 Å². The van der Waals surface area contributed by atoms with Crippen molar-refractivity contribution >= 4 is 5.78 Å². The standard InChI is InChI=1S/C22H27NO4/c1-16-12-23(13-17(2)27-16)14-20(24)15-26-21-10-8-19(9-11-21)22(25)18-6-4-3-5-7-18/h3-11,16-17,20,24H,12-15H2,1-2H3/t16-,17+,20-/m1/s1. The van der Waals surface area contributed by atoms with E-state index in [1.807, 2.05) is 32.0 Å². The van der Waals surface area contributed by atoms with E-state index in [4.69, 9.17) is 9.47 Å². The number of ether oxygens (including phenoxy) is 2. The van der Waals surface area contributed by atoms with Gasteiger partial charge in [0.1, 0.15) is 18.5 Å². The average Bonchev–Trinajstić information content (AvgIpc) is 2.66. The van der Waals surface area contributed by atoms with Gasteiger partial charge in [0.15, 0.2) is 5.78 Å². The summed E-state index contributed by atoms with van der Waals surface area (Å²) in [5, 5.41) is 10.3. The minimum atomic E-state index is -0.576. The Morgan fingerprint density at radius 2 is 1.67 bits per heavy atom. The van der Waals surface area contributed by atoms with Gasteiger partial charge in [-0.25, -0.2) is 0 Å². The average molecular weight is 369 g/mol. The number of hydrogen-bond donors (Lipinski definition) is 1. The third-order valence-electron chi connectivity index (χ3n) is 4.56. The van der Waals surface area contributed by atoms with Crippen LogP contribution in [0.5, 0.6) is 5.75 Å². The van der Waals surface area contributed by atoms with Gasteiger partial charge in [-0.3, -0.25) is 9.69 Å². The summed E-state index contributed by atoms with van der Waals surface area (Å²) in [6, 6.07) is 16.2. The molecule has 0 spiro atoms. The quantitative estimate of drug-likeness (QED) is 0.761. The van der Waals surface area contributed by atoms with Gasteiger partial charge < -0.3 is 14.6 Å². The lowest BCUT2D eigenvalue weighted by Gasteiger charge is -2.36. The summed E-state index contributed by atoms with van der Waals surface area (Å²) in [5.41, 5.74) is 1.28. The first kappa shape index (κ1) is 19.5. The van der Waals surface area contributed by atoms with Gasteiger partial charge in [-0.1, -0.05) is 30.3 Å². The van der Waals surface area contributed by atoms with E-state index in [0.29, 0.717) is 23.4 Å². The van der Waals surface area contributed by atoms with Crippen molar-refractivity contribution in [1.29, 1.82) is 0 Å². The molecule has 1 aliphatic heterocycles. The van der Waals surface area contributed by atoms with E-state index in [0.717, 1.165) is 13.1 Å². The first-order valence-corrected chi connectivity index (χ1v) is 9.39. The Hall–Kier alpha value is -2.21. The van der Waals surface area contributed by atoms with Gasteiger partial charge in [0.2, 0.25) is 0 Å². The lowest BCUT2D eigenvalue weighted by molar-refractivity contribution is -0.0786. The van der Waals surface area contributed by atoms with Crippen LogP contribution in [0.25, 0.3) is 0 Å². The van der Waals surface area contributed by atoms with E-state index >= 15 is 0 Å². The summed E-state index contributed by atoms with van der Waals surface area (Å²) in [4.78, 5) is 14.6. The van der Waals surface area contributed by atoms with Crippen molar-refractivity contribution in [2.75, 3.05) is 26.2 Å². The van der Waals surface area contributed by atoms with Crippen molar-refractivity contribution < 1.29 is 19.4 Å². The molecule has 3 rings (SSSR count). The van der Waals surface area contributed by atoms with Gasteiger partial charge in [-0.15, -0.1) is 0 Å². The van der Waals surface area contributed by atoms with Crippen LogP contribution in [-0.2, 0) is 4.74 Å². The largest absolute Gasteiger partial charge is 0.491 e. The minimum absolute atomic E-state index is 0.0160. The van der Waals surface area contributed by atoms with Crippen LogP contribution in [-0.4, -0.2) is 60.3 Å². The van der Waals surface area contributed by atoms with Gasteiger partial charge in [0.05, 0.1) is 12.2 Å². The second-order valence-electron chi connectivity index (χ2n) is 7.16. The van der Waals surface area contributed by atoms with E-state index in [1.165, 1.54) is 0 Å². The maximum absolute atomic E-state index is 12.4. The predicted molar refractivity (Wildman–Crippen MR) is 104 cm³/mol. The molecule has 5 nitrogen and oxygen atoms in total. The second-order valence-corrected chi connectivity index (χ2v) is 7.16. The number of hydrogen-bond acceptors (Lipinski definition) is 5. The Labute approximate surface area is 160 Å². The third-order valence-corrected chi connectivity index (χ3v) is 4.56. The molecule has 0 unspecified atom stereocenters. The summed E-state index contributed by atoms with van der Waals surface area (Å²) < 4.78 is 11.4. The Morgan fingerprint density at radius 3 is 2.30 bits per heavy atom. The number of ketones is 1.